The van der Waals surface area contributed by atoms with E-state index in [4.69, 9.17) is 16.3 Å². The second-order valence-corrected chi connectivity index (χ2v) is 7.61. The third-order valence-electron chi connectivity index (χ3n) is 4.07. The Labute approximate surface area is 144 Å². The number of ether oxygens (including phenoxy) is 1. The number of amides is 1. The van der Waals surface area contributed by atoms with E-state index >= 15 is 0 Å². The van der Waals surface area contributed by atoms with E-state index in [2.05, 4.69) is 18.3 Å². The van der Waals surface area contributed by atoms with Crippen molar-refractivity contribution in [2.45, 2.75) is 64.8 Å². The molecule has 5 heteroatoms. The lowest BCUT2D eigenvalue weighted by atomic mass is 9.97. The van der Waals surface area contributed by atoms with E-state index in [-0.39, 0.29) is 18.2 Å². The number of rotatable bonds is 3. The predicted molar refractivity (Wildman–Crippen MR) is 93.7 cm³/mol. The van der Waals surface area contributed by atoms with Gasteiger partial charge in [0.2, 0.25) is 0 Å². The first kappa shape index (κ1) is 18.1. The average molecular weight is 339 g/mol. The van der Waals surface area contributed by atoms with Crippen LogP contribution < -0.4 is 5.32 Å². The maximum Gasteiger partial charge on any atom is 0.410 e. The highest BCUT2D eigenvalue weighted by Gasteiger charge is 2.33. The first-order chi connectivity index (χ1) is 10.8. The van der Waals surface area contributed by atoms with E-state index < -0.39 is 5.60 Å². The van der Waals surface area contributed by atoms with Crippen LogP contribution in [0.25, 0.3) is 0 Å². The Bertz CT molecular complexity index is 542. The molecular formula is C18H27ClN2O2. The summed E-state index contributed by atoms with van der Waals surface area (Å²) in [6.07, 6.45) is 1.82. The van der Waals surface area contributed by atoms with Crippen LogP contribution in [0.5, 0.6) is 0 Å². The van der Waals surface area contributed by atoms with Crippen LogP contribution in [0.2, 0.25) is 5.02 Å². The fourth-order valence-electron chi connectivity index (χ4n) is 2.89. The zero-order chi connectivity index (χ0) is 17.0. The molecule has 1 N–H and O–H groups in total. The molecule has 0 bridgehead atoms. The molecule has 1 aliphatic heterocycles. The summed E-state index contributed by atoms with van der Waals surface area (Å²) in [5.74, 6) is 0. The molecule has 1 fully saturated rings. The number of benzene rings is 1. The van der Waals surface area contributed by atoms with E-state index in [1.807, 2.05) is 43.9 Å². The molecule has 0 radical (unpaired) electrons. The molecule has 1 heterocycles. The Kier molecular flexibility index (Phi) is 5.93. The first-order valence-corrected chi connectivity index (χ1v) is 8.61. The summed E-state index contributed by atoms with van der Waals surface area (Å²) >= 11 is 6.02. The minimum atomic E-state index is -0.460. The Hall–Kier alpha value is -1.26. The van der Waals surface area contributed by atoms with Crippen molar-refractivity contribution in [2.24, 2.45) is 0 Å². The van der Waals surface area contributed by atoms with Crippen molar-refractivity contribution < 1.29 is 9.53 Å². The van der Waals surface area contributed by atoms with Crippen molar-refractivity contribution in [1.29, 1.82) is 0 Å². The summed E-state index contributed by atoms with van der Waals surface area (Å²) in [5.41, 5.74) is 0.692. The van der Waals surface area contributed by atoms with Gasteiger partial charge in [-0.05, 0) is 58.2 Å². The Balaban J connectivity index is 1.94. The third-order valence-corrected chi connectivity index (χ3v) is 4.31. The molecule has 128 valence electrons. The standard InChI is InChI=1S/C18H27ClN2O2/c1-13-16(20-12-14-7-5-8-15(19)11-14)9-6-10-21(13)17(22)23-18(2,3)4/h5,7-8,11,13,16,20H,6,9-10,12H2,1-4H3. The Morgan fingerprint density at radius 3 is 2.83 bits per heavy atom. The molecule has 2 unspecified atom stereocenters. The van der Waals surface area contributed by atoms with Crippen LogP contribution in [-0.4, -0.2) is 35.2 Å². The number of hydrogen-bond acceptors (Lipinski definition) is 3. The van der Waals surface area contributed by atoms with Crippen LogP contribution >= 0.6 is 11.6 Å². The number of nitrogens with one attached hydrogen (secondary N) is 1. The van der Waals surface area contributed by atoms with Gasteiger partial charge in [0.05, 0.1) is 0 Å². The molecular weight excluding hydrogens is 312 g/mol. The van der Waals surface area contributed by atoms with Gasteiger partial charge < -0.3 is 15.0 Å². The van der Waals surface area contributed by atoms with Gasteiger partial charge in [-0.25, -0.2) is 4.79 Å². The second kappa shape index (κ2) is 7.54. The summed E-state index contributed by atoms with van der Waals surface area (Å²) in [7, 11) is 0. The van der Waals surface area contributed by atoms with Crippen LogP contribution in [0.4, 0.5) is 4.79 Å². The number of piperidine rings is 1. The topological polar surface area (TPSA) is 41.6 Å². The number of nitrogens with zero attached hydrogens (tertiary/aromatic N) is 1. The predicted octanol–water partition coefficient (Wildman–Crippen LogP) is 4.22. The minimum Gasteiger partial charge on any atom is -0.444 e. The van der Waals surface area contributed by atoms with Gasteiger partial charge in [-0.2, -0.15) is 0 Å². The lowest BCUT2D eigenvalue weighted by molar-refractivity contribution is 0.00699. The fraction of sp³-hybridized carbons (Fsp3) is 0.611. The summed E-state index contributed by atoms with van der Waals surface area (Å²) in [4.78, 5) is 14.2. The van der Waals surface area contributed by atoms with E-state index in [0.29, 0.717) is 0 Å². The molecule has 1 amide bonds. The maximum atomic E-state index is 12.3. The SMILES string of the molecule is CC1C(NCc2cccc(Cl)c2)CCCN1C(=O)OC(C)(C)C. The Morgan fingerprint density at radius 2 is 2.17 bits per heavy atom. The number of carbonyl (C=O) groups is 1. The quantitative estimate of drug-likeness (QED) is 0.897. The van der Waals surface area contributed by atoms with E-state index in [0.717, 1.165) is 36.5 Å². The second-order valence-electron chi connectivity index (χ2n) is 7.17. The van der Waals surface area contributed by atoms with Gasteiger partial charge in [-0.1, -0.05) is 23.7 Å². The molecule has 1 saturated heterocycles. The highest BCUT2D eigenvalue weighted by molar-refractivity contribution is 6.30. The van der Waals surface area contributed by atoms with Crippen LogP contribution in [0.15, 0.2) is 24.3 Å². The zero-order valence-electron chi connectivity index (χ0n) is 14.4. The molecule has 2 atom stereocenters. The molecule has 0 aromatic heterocycles. The van der Waals surface area contributed by atoms with E-state index in [1.165, 1.54) is 0 Å². The average Bonchev–Trinajstić information content (AvgIpc) is 2.44. The van der Waals surface area contributed by atoms with Gasteiger partial charge in [0.15, 0.2) is 0 Å². The Morgan fingerprint density at radius 1 is 1.43 bits per heavy atom. The highest BCUT2D eigenvalue weighted by Crippen LogP contribution is 2.21. The molecule has 0 saturated carbocycles. The molecule has 2 rings (SSSR count). The maximum absolute atomic E-state index is 12.3. The monoisotopic (exact) mass is 338 g/mol. The number of likely N-dealkylation sites (tertiary alicyclic amines) is 1. The van der Waals surface area contributed by atoms with Crippen LogP contribution in [-0.2, 0) is 11.3 Å². The zero-order valence-corrected chi connectivity index (χ0v) is 15.2. The molecule has 0 aliphatic carbocycles. The number of halogens is 1. The number of carbonyl (C=O) groups excluding carboxylic acids is 1. The highest BCUT2D eigenvalue weighted by atomic mass is 35.5. The molecule has 23 heavy (non-hydrogen) atoms. The summed E-state index contributed by atoms with van der Waals surface area (Å²) < 4.78 is 5.52. The van der Waals surface area contributed by atoms with Crippen LogP contribution in [0.3, 0.4) is 0 Å². The van der Waals surface area contributed by atoms with Crippen LogP contribution in [0.1, 0.15) is 46.1 Å². The smallest absolute Gasteiger partial charge is 0.410 e. The van der Waals surface area contributed by atoms with Gasteiger partial charge in [-0.15, -0.1) is 0 Å². The summed E-state index contributed by atoms with van der Waals surface area (Å²) in [6.45, 7) is 9.28. The van der Waals surface area contributed by atoms with Crippen LogP contribution in [0, 0.1) is 0 Å². The van der Waals surface area contributed by atoms with Gasteiger partial charge in [-0.3, -0.25) is 0 Å². The summed E-state index contributed by atoms with van der Waals surface area (Å²) in [6, 6.07) is 8.22. The van der Waals surface area contributed by atoms with E-state index in [9.17, 15) is 4.79 Å². The normalized spacial score (nSPS) is 22.0. The fourth-order valence-corrected chi connectivity index (χ4v) is 3.10. The molecule has 1 aromatic rings. The van der Waals surface area contributed by atoms with E-state index in [1.54, 1.807) is 0 Å². The largest absolute Gasteiger partial charge is 0.444 e. The first-order valence-electron chi connectivity index (χ1n) is 8.24. The lowest BCUT2D eigenvalue weighted by Gasteiger charge is -2.40. The molecule has 0 spiro atoms. The lowest BCUT2D eigenvalue weighted by Crippen LogP contribution is -2.55. The van der Waals surface area contributed by atoms with Gasteiger partial charge in [0.1, 0.15) is 5.60 Å². The summed E-state index contributed by atoms with van der Waals surface area (Å²) in [5, 5.41) is 4.30. The van der Waals surface area contributed by atoms with Crippen molar-refractivity contribution in [3.63, 3.8) is 0 Å². The molecule has 4 nitrogen and oxygen atoms in total. The van der Waals surface area contributed by atoms with Crippen molar-refractivity contribution in [3.05, 3.63) is 34.9 Å². The van der Waals surface area contributed by atoms with Crippen molar-refractivity contribution in [2.75, 3.05) is 6.54 Å². The molecule has 1 aliphatic rings. The van der Waals surface area contributed by atoms with Crippen molar-refractivity contribution >= 4 is 17.7 Å². The third kappa shape index (κ3) is 5.40. The van der Waals surface area contributed by atoms with Crippen molar-refractivity contribution in [3.8, 4) is 0 Å². The number of hydrogen-bond donors (Lipinski definition) is 1. The minimum absolute atomic E-state index is 0.109. The van der Waals surface area contributed by atoms with Gasteiger partial charge in [0, 0.05) is 30.2 Å². The van der Waals surface area contributed by atoms with Crippen molar-refractivity contribution in [1.82, 2.24) is 10.2 Å². The van der Waals surface area contributed by atoms with Gasteiger partial charge >= 0.3 is 6.09 Å². The van der Waals surface area contributed by atoms with Gasteiger partial charge in [0.25, 0.3) is 0 Å². The molecule has 1 aromatic carbocycles.